The van der Waals surface area contributed by atoms with Gasteiger partial charge in [-0.1, -0.05) is 79.0 Å². The number of benzene rings is 3. The van der Waals surface area contributed by atoms with Crippen molar-refractivity contribution in [2.75, 3.05) is 11.9 Å². The van der Waals surface area contributed by atoms with Gasteiger partial charge in [0.1, 0.15) is 17.9 Å². The maximum Gasteiger partial charge on any atom is 0.407 e. The molecule has 3 unspecified atom stereocenters. The monoisotopic (exact) mass is 714 g/mol. The lowest BCUT2D eigenvalue weighted by molar-refractivity contribution is -0.0848. The van der Waals surface area contributed by atoms with Crippen LogP contribution < -0.4 is 10.6 Å². The topological polar surface area (TPSA) is 155 Å². The summed E-state index contributed by atoms with van der Waals surface area (Å²) < 4.78 is 23.0. The first-order valence-electron chi connectivity index (χ1n) is 16.7. The number of carbonyl (C=O) groups is 4. The maximum atomic E-state index is 13.4. The highest BCUT2D eigenvalue weighted by molar-refractivity contribution is 6.29. The first-order chi connectivity index (χ1) is 24.8. The lowest BCUT2D eigenvalue weighted by Crippen LogP contribution is -2.46. The van der Waals surface area contributed by atoms with Crippen LogP contribution in [0.2, 0.25) is 5.15 Å². The number of hydrogen-bond donors (Lipinski definition) is 2. The molecule has 1 aliphatic rings. The van der Waals surface area contributed by atoms with Crippen molar-refractivity contribution in [1.29, 1.82) is 0 Å². The molecule has 2 N–H and O–H groups in total. The predicted octanol–water partition coefficient (Wildman–Crippen LogP) is 6.80. The van der Waals surface area contributed by atoms with Crippen LogP contribution in [-0.4, -0.2) is 65.2 Å². The highest BCUT2D eigenvalue weighted by Gasteiger charge is 2.37. The number of esters is 3. The van der Waals surface area contributed by atoms with Crippen molar-refractivity contribution in [3.05, 3.63) is 125 Å². The average Bonchev–Trinajstić information content (AvgIpc) is 3.67. The SMILES string of the molecule is CC(OC(=O)NCc1nnc(Cl)cc1NC1CCCC1)C(OC(=O)c1ccccc1)C(CCOC(=O)c1ccccc1)OC(=O)c1ccccc1. The Balaban J connectivity index is 1.33. The van der Waals surface area contributed by atoms with Crippen molar-refractivity contribution < 1.29 is 38.1 Å². The summed E-state index contributed by atoms with van der Waals surface area (Å²) in [6.07, 6.45) is -0.353. The summed E-state index contributed by atoms with van der Waals surface area (Å²) >= 11 is 6.11. The van der Waals surface area contributed by atoms with Crippen molar-refractivity contribution in [3.63, 3.8) is 0 Å². The van der Waals surface area contributed by atoms with Gasteiger partial charge in [0.2, 0.25) is 0 Å². The predicted molar refractivity (Wildman–Crippen MR) is 188 cm³/mol. The lowest BCUT2D eigenvalue weighted by Gasteiger charge is -2.31. The van der Waals surface area contributed by atoms with Gasteiger partial charge in [-0.3, -0.25) is 0 Å². The lowest BCUT2D eigenvalue weighted by atomic mass is 10.1. The maximum absolute atomic E-state index is 13.4. The van der Waals surface area contributed by atoms with E-state index in [0.29, 0.717) is 16.9 Å². The first-order valence-corrected chi connectivity index (χ1v) is 17.1. The van der Waals surface area contributed by atoms with Gasteiger partial charge in [-0.15, -0.1) is 5.10 Å². The summed E-state index contributed by atoms with van der Waals surface area (Å²) in [7, 11) is 0. The van der Waals surface area contributed by atoms with Crippen molar-refractivity contribution in [2.24, 2.45) is 0 Å². The van der Waals surface area contributed by atoms with Gasteiger partial charge in [-0.05, 0) is 56.2 Å². The number of carbonyl (C=O) groups excluding carboxylic acids is 4. The van der Waals surface area contributed by atoms with Crippen molar-refractivity contribution in [2.45, 2.75) is 69.9 Å². The van der Waals surface area contributed by atoms with Gasteiger partial charge in [-0.25, -0.2) is 19.2 Å². The normalized spacial score (nSPS) is 14.4. The minimum atomic E-state index is -1.32. The van der Waals surface area contributed by atoms with Gasteiger partial charge < -0.3 is 29.6 Å². The molecule has 0 aliphatic heterocycles. The Morgan fingerprint density at radius 1 is 0.765 bits per heavy atom. The van der Waals surface area contributed by atoms with Gasteiger partial charge in [-0.2, -0.15) is 5.10 Å². The number of halogens is 1. The molecule has 1 aromatic heterocycles. The molecule has 0 bridgehead atoms. The fourth-order valence-corrected chi connectivity index (χ4v) is 5.75. The van der Waals surface area contributed by atoms with Crippen molar-refractivity contribution in [3.8, 4) is 0 Å². The third kappa shape index (κ3) is 11.0. The molecular weight excluding hydrogens is 676 g/mol. The van der Waals surface area contributed by atoms with E-state index in [0.717, 1.165) is 25.7 Å². The van der Waals surface area contributed by atoms with E-state index in [1.54, 1.807) is 97.1 Å². The van der Waals surface area contributed by atoms with Crippen LogP contribution in [0.3, 0.4) is 0 Å². The Labute approximate surface area is 300 Å². The molecule has 1 amide bonds. The second-order valence-corrected chi connectivity index (χ2v) is 12.3. The number of alkyl carbamates (subject to hydrolysis) is 1. The van der Waals surface area contributed by atoms with Gasteiger partial charge in [0.25, 0.3) is 0 Å². The van der Waals surface area contributed by atoms with E-state index in [-0.39, 0.29) is 41.9 Å². The summed E-state index contributed by atoms with van der Waals surface area (Å²) in [5.41, 5.74) is 1.92. The van der Waals surface area contributed by atoms with E-state index < -0.39 is 42.3 Å². The molecule has 3 aromatic carbocycles. The van der Waals surface area contributed by atoms with Crippen LogP contribution in [0.1, 0.15) is 75.8 Å². The molecule has 0 radical (unpaired) electrons. The van der Waals surface area contributed by atoms with E-state index in [1.165, 1.54) is 6.92 Å². The van der Waals surface area contributed by atoms with E-state index >= 15 is 0 Å². The zero-order valence-corrected chi connectivity index (χ0v) is 28.8. The number of hydrogen-bond acceptors (Lipinski definition) is 11. The molecule has 1 heterocycles. The van der Waals surface area contributed by atoms with Crippen LogP contribution in [0.25, 0.3) is 0 Å². The summed E-state index contributed by atoms with van der Waals surface area (Å²) in [5.74, 6) is -2.04. The Kier molecular flexibility index (Phi) is 13.3. The number of amides is 1. The number of nitrogens with one attached hydrogen (secondary N) is 2. The molecule has 0 saturated heterocycles. The third-order valence-corrected chi connectivity index (χ3v) is 8.43. The van der Waals surface area contributed by atoms with E-state index in [1.807, 2.05) is 0 Å². The molecule has 12 nitrogen and oxygen atoms in total. The quantitative estimate of drug-likeness (QED) is 0.0987. The number of nitrogens with zero attached hydrogens (tertiary/aromatic N) is 2. The highest BCUT2D eigenvalue weighted by atomic mass is 35.5. The third-order valence-electron chi connectivity index (χ3n) is 8.24. The first kappa shape index (κ1) is 36.8. The molecule has 1 fully saturated rings. The average molecular weight is 715 g/mol. The Hall–Kier alpha value is -5.49. The van der Waals surface area contributed by atoms with Crippen LogP contribution in [0.15, 0.2) is 97.1 Å². The Morgan fingerprint density at radius 2 is 1.31 bits per heavy atom. The molecule has 3 atom stereocenters. The highest BCUT2D eigenvalue weighted by Crippen LogP contribution is 2.25. The van der Waals surface area contributed by atoms with E-state index in [4.69, 9.17) is 30.5 Å². The van der Waals surface area contributed by atoms with Crippen LogP contribution >= 0.6 is 11.6 Å². The largest absolute Gasteiger partial charge is 0.462 e. The van der Waals surface area contributed by atoms with Crippen LogP contribution in [0.4, 0.5) is 10.5 Å². The minimum absolute atomic E-state index is 0.0406. The molecule has 0 spiro atoms. The smallest absolute Gasteiger partial charge is 0.407 e. The van der Waals surface area contributed by atoms with Crippen molar-refractivity contribution in [1.82, 2.24) is 15.5 Å². The molecule has 5 rings (SSSR count). The second kappa shape index (κ2) is 18.5. The van der Waals surface area contributed by atoms with Crippen LogP contribution in [-0.2, 0) is 25.5 Å². The molecule has 13 heteroatoms. The summed E-state index contributed by atoms with van der Waals surface area (Å²) in [6, 6.07) is 26.8. The Morgan fingerprint density at radius 3 is 1.90 bits per heavy atom. The number of anilines is 1. The minimum Gasteiger partial charge on any atom is -0.462 e. The fourth-order valence-electron chi connectivity index (χ4n) is 5.61. The van der Waals surface area contributed by atoms with Crippen LogP contribution in [0, 0.1) is 0 Å². The molecule has 4 aromatic rings. The van der Waals surface area contributed by atoms with Crippen LogP contribution in [0.5, 0.6) is 0 Å². The van der Waals surface area contributed by atoms with Crippen molar-refractivity contribution >= 4 is 41.3 Å². The summed E-state index contributed by atoms with van der Waals surface area (Å²) in [6.45, 7) is 1.27. The van der Waals surface area contributed by atoms with Gasteiger partial charge in [0, 0.05) is 18.5 Å². The number of ether oxygens (including phenoxy) is 4. The molecule has 1 saturated carbocycles. The molecule has 1 aliphatic carbocycles. The zero-order valence-electron chi connectivity index (χ0n) is 28.0. The number of rotatable bonds is 15. The number of aromatic nitrogens is 2. The van der Waals surface area contributed by atoms with E-state index in [2.05, 4.69) is 20.8 Å². The van der Waals surface area contributed by atoms with Gasteiger partial charge in [0.05, 0.1) is 35.5 Å². The standard InChI is InChI=1S/C38H39ClN4O8/c1-25(49-38(47)40-24-31-30(23-33(39)43-42-31)41-29-19-11-12-20-29)34(51-37(46)28-17-9-4-10-18-28)32(50-36(45)27-15-7-3-8-16-27)21-22-48-35(44)26-13-5-2-6-14-26/h2-10,13-18,23,25,29,32,34H,11-12,19-22,24H2,1H3,(H,40,47)(H,41,43). The van der Waals surface area contributed by atoms with Gasteiger partial charge in [0.15, 0.2) is 11.3 Å². The molecular formula is C38H39ClN4O8. The summed E-state index contributed by atoms with van der Waals surface area (Å²) in [4.78, 5) is 52.5. The van der Waals surface area contributed by atoms with E-state index in [9.17, 15) is 19.2 Å². The summed E-state index contributed by atoms with van der Waals surface area (Å²) in [5, 5.41) is 14.4. The molecule has 266 valence electrons. The second-order valence-electron chi connectivity index (χ2n) is 12.0. The Bertz CT molecular complexity index is 1760. The van der Waals surface area contributed by atoms with Gasteiger partial charge >= 0.3 is 24.0 Å². The molecule has 51 heavy (non-hydrogen) atoms. The fraction of sp³-hybridized carbons (Fsp3) is 0.316. The zero-order chi connectivity index (χ0) is 36.0.